The molecule has 1 heterocycles. The maximum Gasteiger partial charge on any atom is 0.348 e. The van der Waals surface area contributed by atoms with E-state index in [1.165, 1.54) is 6.20 Å². The van der Waals surface area contributed by atoms with E-state index in [1.807, 2.05) is 19.1 Å². The highest BCUT2D eigenvalue weighted by molar-refractivity contribution is 5.95. The Kier molecular flexibility index (Phi) is 2.59. The quantitative estimate of drug-likeness (QED) is 0.590. The van der Waals surface area contributed by atoms with Crippen molar-refractivity contribution >= 4 is 11.8 Å². The van der Waals surface area contributed by atoms with E-state index in [1.54, 1.807) is 12.1 Å². The minimum absolute atomic E-state index is 0.206. The summed E-state index contributed by atoms with van der Waals surface area (Å²) in [5.41, 5.74) is 6.84. The average molecular weight is 217 g/mol. The van der Waals surface area contributed by atoms with E-state index >= 15 is 0 Å². The van der Waals surface area contributed by atoms with E-state index in [0.29, 0.717) is 5.75 Å². The van der Waals surface area contributed by atoms with Crippen LogP contribution in [0.2, 0.25) is 0 Å². The zero-order valence-corrected chi connectivity index (χ0v) is 8.73. The molecule has 0 aliphatic heterocycles. The summed E-state index contributed by atoms with van der Waals surface area (Å²) in [5, 5.41) is 6.12. The zero-order valence-electron chi connectivity index (χ0n) is 8.73. The summed E-state index contributed by atoms with van der Waals surface area (Å²) >= 11 is 0. The molecule has 1 aromatic carbocycles. The fraction of sp³-hybridized carbons (Fsp3) is 0.0909. The van der Waals surface area contributed by atoms with Crippen LogP contribution in [0.25, 0.3) is 0 Å². The second kappa shape index (κ2) is 4.06. The number of H-pyrrole nitrogens is 1. The molecule has 0 saturated heterocycles. The number of anilines is 1. The standard InChI is InChI=1S/C11H11N3O2/c1-7-2-4-8(5-3-7)16-11(15)9-6-13-14-10(9)12/h2-6H,1H3,(H3,12,13,14). The van der Waals surface area contributed by atoms with Gasteiger partial charge in [0.25, 0.3) is 0 Å². The van der Waals surface area contributed by atoms with Crippen molar-refractivity contribution in [2.45, 2.75) is 6.92 Å². The predicted octanol–water partition coefficient (Wildman–Crippen LogP) is 1.52. The number of carbonyl (C=O) groups is 1. The normalized spacial score (nSPS) is 10.1. The smallest absolute Gasteiger partial charge is 0.348 e. The van der Waals surface area contributed by atoms with Gasteiger partial charge in [0.1, 0.15) is 17.1 Å². The Balaban J connectivity index is 2.14. The number of ether oxygens (including phenoxy) is 1. The second-order valence-corrected chi connectivity index (χ2v) is 3.40. The lowest BCUT2D eigenvalue weighted by atomic mass is 10.2. The molecule has 0 fully saturated rings. The summed E-state index contributed by atoms with van der Waals surface area (Å²) in [6, 6.07) is 7.18. The van der Waals surface area contributed by atoms with Gasteiger partial charge in [-0.05, 0) is 19.1 Å². The number of nitrogen functional groups attached to an aromatic ring is 1. The molecule has 1 aromatic heterocycles. The Labute approximate surface area is 92.2 Å². The molecule has 0 atom stereocenters. The molecular formula is C11H11N3O2. The lowest BCUT2D eigenvalue weighted by molar-refractivity contribution is 0.0736. The first-order valence-corrected chi connectivity index (χ1v) is 4.74. The third-order valence-electron chi connectivity index (χ3n) is 2.12. The van der Waals surface area contributed by atoms with Crippen molar-refractivity contribution in [3.8, 4) is 5.75 Å². The van der Waals surface area contributed by atoms with Gasteiger partial charge < -0.3 is 10.5 Å². The van der Waals surface area contributed by atoms with E-state index in [0.717, 1.165) is 5.56 Å². The van der Waals surface area contributed by atoms with Crippen molar-refractivity contribution in [2.75, 3.05) is 5.73 Å². The van der Waals surface area contributed by atoms with Crippen LogP contribution in [0.15, 0.2) is 30.5 Å². The van der Waals surface area contributed by atoms with Gasteiger partial charge in [-0.1, -0.05) is 17.7 Å². The van der Waals surface area contributed by atoms with E-state index in [9.17, 15) is 4.79 Å². The van der Waals surface area contributed by atoms with Crippen LogP contribution in [0.5, 0.6) is 5.75 Å². The molecule has 0 bridgehead atoms. The Morgan fingerprint density at radius 3 is 2.62 bits per heavy atom. The molecular weight excluding hydrogens is 206 g/mol. The fourth-order valence-corrected chi connectivity index (χ4v) is 1.23. The molecule has 0 unspecified atom stereocenters. The van der Waals surface area contributed by atoms with E-state index in [2.05, 4.69) is 10.2 Å². The van der Waals surface area contributed by atoms with Crippen LogP contribution in [-0.2, 0) is 0 Å². The molecule has 0 amide bonds. The van der Waals surface area contributed by atoms with Crippen molar-refractivity contribution in [2.24, 2.45) is 0 Å². The third kappa shape index (κ3) is 2.03. The van der Waals surface area contributed by atoms with Gasteiger partial charge in [-0.25, -0.2) is 4.79 Å². The molecule has 5 nitrogen and oxygen atoms in total. The van der Waals surface area contributed by atoms with Crippen LogP contribution in [-0.4, -0.2) is 16.2 Å². The predicted molar refractivity (Wildman–Crippen MR) is 59.1 cm³/mol. The first kappa shape index (κ1) is 10.2. The van der Waals surface area contributed by atoms with Crippen molar-refractivity contribution in [3.63, 3.8) is 0 Å². The lowest BCUT2D eigenvalue weighted by Crippen LogP contribution is -2.09. The minimum atomic E-state index is -0.518. The summed E-state index contributed by atoms with van der Waals surface area (Å²) in [6.07, 6.45) is 1.34. The number of carbonyl (C=O) groups excluding carboxylic acids is 1. The van der Waals surface area contributed by atoms with Gasteiger partial charge in [0, 0.05) is 0 Å². The number of hydrogen-bond donors (Lipinski definition) is 2. The van der Waals surface area contributed by atoms with Crippen molar-refractivity contribution < 1.29 is 9.53 Å². The molecule has 0 saturated carbocycles. The summed E-state index contributed by atoms with van der Waals surface area (Å²) in [7, 11) is 0. The number of aromatic amines is 1. The topological polar surface area (TPSA) is 81.0 Å². The van der Waals surface area contributed by atoms with E-state index in [-0.39, 0.29) is 11.4 Å². The van der Waals surface area contributed by atoms with E-state index < -0.39 is 5.97 Å². The summed E-state index contributed by atoms with van der Waals surface area (Å²) in [5.74, 6) is 0.170. The summed E-state index contributed by atoms with van der Waals surface area (Å²) in [4.78, 5) is 11.6. The minimum Gasteiger partial charge on any atom is -0.423 e. The van der Waals surface area contributed by atoms with Crippen LogP contribution in [0, 0.1) is 6.92 Å². The molecule has 0 aliphatic carbocycles. The highest BCUT2D eigenvalue weighted by Crippen LogP contribution is 2.15. The summed E-state index contributed by atoms with van der Waals surface area (Å²) in [6.45, 7) is 1.96. The number of esters is 1. The molecule has 82 valence electrons. The molecule has 16 heavy (non-hydrogen) atoms. The van der Waals surface area contributed by atoms with Gasteiger partial charge in [0.05, 0.1) is 6.20 Å². The second-order valence-electron chi connectivity index (χ2n) is 3.40. The van der Waals surface area contributed by atoms with Crippen molar-refractivity contribution in [3.05, 3.63) is 41.6 Å². The lowest BCUT2D eigenvalue weighted by Gasteiger charge is -2.03. The summed E-state index contributed by atoms with van der Waals surface area (Å²) < 4.78 is 5.12. The number of rotatable bonds is 2. The Morgan fingerprint density at radius 1 is 1.38 bits per heavy atom. The average Bonchev–Trinajstić information content (AvgIpc) is 2.68. The van der Waals surface area contributed by atoms with Gasteiger partial charge in [-0.2, -0.15) is 5.10 Å². The largest absolute Gasteiger partial charge is 0.423 e. The van der Waals surface area contributed by atoms with Crippen LogP contribution < -0.4 is 10.5 Å². The third-order valence-corrected chi connectivity index (χ3v) is 2.12. The molecule has 0 aliphatic rings. The molecule has 5 heteroatoms. The van der Waals surface area contributed by atoms with Crippen molar-refractivity contribution in [1.82, 2.24) is 10.2 Å². The maximum atomic E-state index is 11.6. The molecule has 0 radical (unpaired) electrons. The number of nitrogens with zero attached hydrogens (tertiary/aromatic N) is 1. The van der Waals surface area contributed by atoms with Crippen molar-refractivity contribution in [1.29, 1.82) is 0 Å². The van der Waals surface area contributed by atoms with Gasteiger partial charge in [-0.15, -0.1) is 0 Å². The van der Waals surface area contributed by atoms with Crippen LogP contribution in [0.1, 0.15) is 15.9 Å². The van der Waals surface area contributed by atoms with Gasteiger partial charge >= 0.3 is 5.97 Å². The van der Waals surface area contributed by atoms with Gasteiger partial charge in [0.15, 0.2) is 0 Å². The first-order valence-electron chi connectivity index (χ1n) is 4.74. The number of benzene rings is 1. The first-order chi connectivity index (χ1) is 7.66. The Bertz CT molecular complexity index is 502. The van der Waals surface area contributed by atoms with Crippen LogP contribution in [0.3, 0.4) is 0 Å². The highest BCUT2D eigenvalue weighted by atomic mass is 16.5. The van der Waals surface area contributed by atoms with Crippen LogP contribution >= 0.6 is 0 Å². The number of aryl methyl sites for hydroxylation is 1. The Morgan fingerprint density at radius 2 is 2.06 bits per heavy atom. The van der Waals surface area contributed by atoms with Crippen LogP contribution in [0.4, 0.5) is 5.82 Å². The molecule has 2 rings (SSSR count). The van der Waals surface area contributed by atoms with Gasteiger partial charge in [-0.3, -0.25) is 5.10 Å². The number of nitrogens with one attached hydrogen (secondary N) is 1. The molecule has 2 aromatic rings. The number of nitrogens with two attached hydrogens (primary N) is 1. The highest BCUT2D eigenvalue weighted by Gasteiger charge is 2.13. The monoisotopic (exact) mass is 217 g/mol. The fourth-order valence-electron chi connectivity index (χ4n) is 1.23. The number of aromatic nitrogens is 2. The van der Waals surface area contributed by atoms with Gasteiger partial charge in [0.2, 0.25) is 0 Å². The van der Waals surface area contributed by atoms with E-state index in [4.69, 9.17) is 10.5 Å². The molecule has 3 N–H and O–H groups in total. The molecule has 0 spiro atoms. The number of hydrogen-bond acceptors (Lipinski definition) is 4. The Hall–Kier alpha value is -2.30. The maximum absolute atomic E-state index is 11.6. The SMILES string of the molecule is Cc1ccc(OC(=O)c2cn[nH]c2N)cc1. The zero-order chi connectivity index (χ0) is 11.5.